The van der Waals surface area contributed by atoms with Gasteiger partial charge in [-0.1, -0.05) is 0 Å². The summed E-state index contributed by atoms with van der Waals surface area (Å²) in [4.78, 5) is 40.4. The van der Waals surface area contributed by atoms with E-state index in [9.17, 15) is 14.4 Å². The molecule has 2 N–H and O–H groups in total. The quantitative estimate of drug-likeness (QED) is 0.846. The lowest BCUT2D eigenvalue weighted by molar-refractivity contribution is -0.126. The Balaban J connectivity index is 1.37. The molecule has 3 aliphatic rings. The van der Waals surface area contributed by atoms with Crippen molar-refractivity contribution in [2.75, 3.05) is 31.1 Å². The summed E-state index contributed by atoms with van der Waals surface area (Å²) in [6, 6.07) is 5.79. The van der Waals surface area contributed by atoms with E-state index in [0.717, 1.165) is 36.9 Å². The Morgan fingerprint density at radius 1 is 1.11 bits per heavy atom. The number of nitrogens with one attached hydrogen (secondary N) is 2. The van der Waals surface area contributed by atoms with Gasteiger partial charge in [0, 0.05) is 49.4 Å². The minimum absolute atomic E-state index is 0.00317. The fraction of sp³-hybridized carbons (Fsp3) is 0.550. The van der Waals surface area contributed by atoms with Gasteiger partial charge in [-0.15, -0.1) is 0 Å². The maximum Gasteiger partial charge on any atom is 0.322 e. The Morgan fingerprint density at radius 2 is 1.85 bits per heavy atom. The first-order chi connectivity index (χ1) is 13.0. The van der Waals surface area contributed by atoms with Gasteiger partial charge in [0.2, 0.25) is 5.91 Å². The van der Waals surface area contributed by atoms with Crippen molar-refractivity contribution in [3.63, 3.8) is 0 Å². The van der Waals surface area contributed by atoms with Crippen LogP contribution in [0.5, 0.6) is 0 Å². The number of likely N-dealkylation sites (tertiary alicyclic amines) is 1. The highest BCUT2D eigenvalue weighted by Crippen LogP contribution is 2.26. The van der Waals surface area contributed by atoms with Crippen molar-refractivity contribution < 1.29 is 14.4 Å². The van der Waals surface area contributed by atoms with Crippen LogP contribution in [0.1, 0.15) is 41.6 Å². The lowest BCUT2D eigenvalue weighted by atomic mass is 9.95. The van der Waals surface area contributed by atoms with Gasteiger partial charge in [-0.05, 0) is 56.4 Å². The summed E-state index contributed by atoms with van der Waals surface area (Å²) in [6.45, 7) is 4.42. The molecule has 144 valence electrons. The third-order valence-corrected chi connectivity index (χ3v) is 5.67. The molecule has 27 heavy (non-hydrogen) atoms. The third-order valence-electron chi connectivity index (χ3n) is 5.67. The molecule has 3 fully saturated rings. The summed E-state index contributed by atoms with van der Waals surface area (Å²) in [7, 11) is 0. The zero-order valence-electron chi connectivity index (χ0n) is 15.7. The molecular weight excluding hydrogens is 344 g/mol. The molecule has 1 aromatic carbocycles. The lowest BCUT2D eigenvalue weighted by Crippen LogP contribution is -2.43. The topological polar surface area (TPSA) is 81.8 Å². The number of benzene rings is 1. The monoisotopic (exact) mass is 370 g/mol. The van der Waals surface area contributed by atoms with Crippen LogP contribution in [0.3, 0.4) is 0 Å². The number of amides is 4. The smallest absolute Gasteiger partial charge is 0.322 e. The van der Waals surface area contributed by atoms with E-state index in [1.807, 2.05) is 24.0 Å². The molecule has 0 radical (unpaired) electrons. The third kappa shape index (κ3) is 3.77. The number of anilines is 1. The van der Waals surface area contributed by atoms with Crippen LogP contribution in [0.4, 0.5) is 10.5 Å². The first-order valence-corrected chi connectivity index (χ1v) is 9.78. The van der Waals surface area contributed by atoms with Gasteiger partial charge in [-0.3, -0.25) is 14.5 Å². The summed E-state index contributed by atoms with van der Waals surface area (Å²) in [5.41, 5.74) is 2.39. The van der Waals surface area contributed by atoms with E-state index in [1.165, 1.54) is 0 Å². The Bertz CT molecular complexity index is 766. The van der Waals surface area contributed by atoms with Crippen molar-refractivity contribution in [1.29, 1.82) is 0 Å². The van der Waals surface area contributed by atoms with E-state index in [1.54, 1.807) is 11.0 Å². The van der Waals surface area contributed by atoms with Crippen LogP contribution in [-0.4, -0.2) is 55.0 Å². The highest BCUT2D eigenvalue weighted by atomic mass is 16.2. The molecule has 0 spiro atoms. The molecular formula is C20H26N4O3. The molecule has 0 atom stereocenters. The summed E-state index contributed by atoms with van der Waals surface area (Å²) in [5.74, 6) is 0.165. The Hall–Kier alpha value is -2.57. The SMILES string of the molecule is Cc1cc(C(=O)N2CCC(C(=O)NC3CC3)CC2)ccc1N1CCNC1=O. The molecule has 2 heterocycles. The van der Waals surface area contributed by atoms with E-state index in [0.29, 0.717) is 37.8 Å². The zero-order valence-corrected chi connectivity index (χ0v) is 15.7. The van der Waals surface area contributed by atoms with Gasteiger partial charge in [0.15, 0.2) is 0 Å². The van der Waals surface area contributed by atoms with Crippen LogP contribution in [0.15, 0.2) is 18.2 Å². The van der Waals surface area contributed by atoms with Gasteiger partial charge < -0.3 is 15.5 Å². The first-order valence-electron chi connectivity index (χ1n) is 9.78. The van der Waals surface area contributed by atoms with Crippen molar-refractivity contribution in [2.45, 2.75) is 38.6 Å². The fourth-order valence-electron chi connectivity index (χ4n) is 3.87. The van der Waals surface area contributed by atoms with Gasteiger partial charge >= 0.3 is 6.03 Å². The van der Waals surface area contributed by atoms with Crippen LogP contribution in [0.2, 0.25) is 0 Å². The minimum Gasteiger partial charge on any atom is -0.353 e. The number of aryl methyl sites for hydroxylation is 1. The molecule has 2 aliphatic heterocycles. The molecule has 2 saturated heterocycles. The minimum atomic E-state index is -0.0938. The molecule has 0 unspecified atom stereocenters. The molecule has 1 aliphatic carbocycles. The maximum atomic E-state index is 12.8. The second-order valence-corrected chi connectivity index (χ2v) is 7.73. The summed E-state index contributed by atoms with van der Waals surface area (Å²) >= 11 is 0. The molecule has 0 bridgehead atoms. The largest absolute Gasteiger partial charge is 0.353 e. The van der Waals surface area contributed by atoms with Crippen LogP contribution in [0, 0.1) is 12.8 Å². The normalized spacial score (nSPS) is 20.6. The van der Waals surface area contributed by atoms with Crippen LogP contribution >= 0.6 is 0 Å². The summed E-state index contributed by atoms with van der Waals surface area (Å²) in [6.07, 6.45) is 3.62. The highest BCUT2D eigenvalue weighted by Gasteiger charge is 2.31. The summed E-state index contributed by atoms with van der Waals surface area (Å²) in [5, 5.41) is 5.86. The standard InChI is InChI=1S/C20H26N4O3/c1-13-12-15(2-5-17(13)24-11-8-21-20(24)27)19(26)23-9-6-14(7-10-23)18(25)22-16-3-4-16/h2,5,12,14,16H,3-4,6-11H2,1H3,(H,21,27)(H,22,25). The van der Waals surface area contributed by atoms with Gasteiger partial charge in [-0.2, -0.15) is 0 Å². The van der Waals surface area contributed by atoms with Crippen LogP contribution in [0.25, 0.3) is 0 Å². The highest BCUT2D eigenvalue weighted by molar-refractivity contribution is 5.98. The van der Waals surface area contributed by atoms with Gasteiger partial charge in [0.05, 0.1) is 0 Å². The molecule has 1 saturated carbocycles. The molecule has 7 nitrogen and oxygen atoms in total. The maximum absolute atomic E-state index is 12.8. The number of rotatable bonds is 4. The van der Waals surface area contributed by atoms with E-state index in [2.05, 4.69) is 10.6 Å². The average Bonchev–Trinajstić information content (AvgIpc) is 3.39. The van der Waals surface area contributed by atoms with Crippen molar-refractivity contribution >= 4 is 23.5 Å². The second kappa shape index (κ2) is 7.21. The van der Waals surface area contributed by atoms with Crippen molar-refractivity contribution in [3.8, 4) is 0 Å². The number of carbonyl (C=O) groups excluding carboxylic acids is 3. The molecule has 0 aromatic heterocycles. The van der Waals surface area contributed by atoms with E-state index < -0.39 is 0 Å². The number of hydrogen-bond acceptors (Lipinski definition) is 3. The second-order valence-electron chi connectivity index (χ2n) is 7.73. The van der Waals surface area contributed by atoms with Crippen molar-refractivity contribution in [3.05, 3.63) is 29.3 Å². The Kier molecular flexibility index (Phi) is 4.76. The number of nitrogens with zero attached hydrogens (tertiary/aromatic N) is 2. The van der Waals surface area contributed by atoms with E-state index in [-0.39, 0.29) is 23.8 Å². The number of urea groups is 1. The van der Waals surface area contributed by atoms with Gasteiger partial charge in [-0.25, -0.2) is 4.79 Å². The van der Waals surface area contributed by atoms with Gasteiger partial charge in [0.1, 0.15) is 0 Å². The van der Waals surface area contributed by atoms with Crippen LogP contribution in [-0.2, 0) is 4.79 Å². The predicted molar refractivity (Wildman–Crippen MR) is 102 cm³/mol. The van der Waals surface area contributed by atoms with E-state index in [4.69, 9.17) is 0 Å². The average molecular weight is 370 g/mol. The number of hydrogen-bond donors (Lipinski definition) is 2. The zero-order chi connectivity index (χ0) is 19.0. The summed E-state index contributed by atoms with van der Waals surface area (Å²) < 4.78 is 0. The van der Waals surface area contributed by atoms with E-state index >= 15 is 0 Å². The predicted octanol–water partition coefficient (Wildman–Crippen LogP) is 1.66. The van der Waals surface area contributed by atoms with Crippen molar-refractivity contribution in [1.82, 2.24) is 15.5 Å². The number of carbonyl (C=O) groups is 3. The number of piperidine rings is 1. The first kappa shape index (κ1) is 17.8. The van der Waals surface area contributed by atoms with Crippen molar-refractivity contribution in [2.24, 2.45) is 5.92 Å². The molecule has 4 rings (SSSR count). The Labute approximate surface area is 159 Å². The molecule has 4 amide bonds. The molecule has 1 aromatic rings. The molecule has 7 heteroatoms. The Morgan fingerprint density at radius 3 is 2.44 bits per heavy atom. The lowest BCUT2D eigenvalue weighted by Gasteiger charge is -2.31. The van der Waals surface area contributed by atoms with Gasteiger partial charge in [0.25, 0.3) is 5.91 Å². The van der Waals surface area contributed by atoms with Crippen LogP contribution < -0.4 is 15.5 Å². The fourth-order valence-corrected chi connectivity index (χ4v) is 3.87.